The van der Waals surface area contributed by atoms with E-state index in [0.717, 1.165) is 22.2 Å². The van der Waals surface area contributed by atoms with Crippen LogP contribution in [0.2, 0.25) is 0 Å². The summed E-state index contributed by atoms with van der Waals surface area (Å²) in [5.74, 6) is 0.361. The molecule has 0 spiro atoms. The lowest BCUT2D eigenvalue weighted by Crippen LogP contribution is -2.33. The largest absolute Gasteiger partial charge is 0.454 e. The molecule has 2 amide bonds. The smallest absolute Gasteiger partial charge is 0.295 e. The van der Waals surface area contributed by atoms with Crippen molar-refractivity contribution in [2.45, 2.75) is 0 Å². The van der Waals surface area contributed by atoms with Crippen molar-refractivity contribution in [1.29, 1.82) is 0 Å². The van der Waals surface area contributed by atoms with Crippen molar-refractivity contribution in [2.24, 2.45) is 0 Å². The number of carbonyl (C=O) groups excluding carboxylic acids is 2. The molecule has 0 atom stereocenters. The van der Waals surface area contributed by atoms with Gasteiger partial charge in [0.2, 0.25) is 6.79 Å². The Morgan fingerprint density at radius 1 is 1.15 bits per heavy atom. The lowest BCUT2D eigenvalue weighted by atomic mass is 10.2. The Morgan fingerprint density at radius 3 is 2.81 bits per heavy atom. The van der Waals surface area contributed by atoms with E-state index in [4.69, 9.17) is 9.47 Å². The first-order valence-electron chi connectivity index (χ1n) is 7.75. The molecule has 1 fully saturated rings. The third kappa shape index (κ3) is 3.11. The molecular weight excluding hydrogens is 359 g/mol. The van der Waals surface area contributed by atoms with Gasteiger partial charge in [0.05, 0.1) is 17.3 Å². The molecule has 0 aliphatic carbocycles. The number of benzene rings is 2. The standard InChI is InChI=1S/C18H13FN2O4S/c19-12-3-1-2-4-13(12)20-9-21-17(22)16(26-18(21)23)8-11-5-6-14-15(7-11)25-10-24-14/h1-8,20H,9-10H2/b16-8+. The van der Waals surface area contributed by atoms with Gasteiger partial charge in [0.25, 0.3) is 11.1 Å². The quantitative estimate of drug-likeness (QED) is 0.826. The van der Waals surface area contributed by atoms with Crippen LogP contribution in [-0.2, 0) is 4.79 Å². The summed E-state index contributed by atoms with van der Waals surface area (Å²) in [7, 11) is 0. The zero-order valence-electron chi connectivity index (χ0n) is 13.4. The molecule has 8 heteroatoms. The first kappa shape index (κ1) is 16.5. The number of anilines is 1. The van der Waals surface area contributed by atoms with Crippen LogP contribution < -0.4 is 14.8 Å². The maximum Gasteiger partial charge on any atom is 0.295 e. The van der Waals surface area contributed by atoms with Crippen molar-refractivity contribution in [3.63, 3.8) is 0 Å². The third-order valence-electron chi connectivity index (χ3n) is 3.87. The Bertz CT molecular complexity index is 931. The molecule has 26 heavy (non-hydrogen) atoms. The first-order chi connectivity index (χ1) is 12.6. The van der Waals surface area contributed by atoms with Crippen LogP contribution in [0.5, 0.6) is 11.5 Å². The van der Waals surface area contributed by atoms with Gasteiger partial charge in [0.15, 0.2) is 11.5 Å². The molecule has 0 bridgehead atoms. The van der Waals surface area contributed by atoms with E-state index in [1.165, 1.54) is 12.1 Å². The van der Waals surface area contributed by atoms with E-state index in [-0.39, 0.29) is 19.1 Å². The lowest BCUT2D eigenvalue weighted by molar-refractivity contribution is -0.122. The van der Waals surface area contributed by atoms with Gasteiger partial charge in [0, 0.05) is 0 Å². The van der Waals surface area contributed by atoms with Gasteiger partial charge in [-0.05, 0) is 47.7 Å². The van der Waals surface area contributed by atoms with Crippen LogP contribution in [0.4, 0.5) is 14.9 Å². The third-order valence-corrected chi connectivity index (χ3v) is 4.78. The lowest BCUT2D eigenvalue weighted by Gasteiger charge is -2.14. The Labute approximate surface area is 152 Å². The molecule has 2 aliphatic rings. The maximum atomic E-state index is 13.6. The molecular formula is C18H13FN2O4S. The molecule has 6 nitrogen and oxygen atoms in total. The van der Waals surface area contributed by atoms with Gasteiger partial charge in [-0.2, -0.15) is 0 Å². The number of thioether (sulfide) groups is 1. The highest BCUT2D eigenvalue weighted by Gasteiger charge is 2.35. The van der Waals surface area contributed by atoms with Gasteiger partial charge < -0.3 is 14.8 Å². The Hall–Kier alpha value is -3.00. The first-order valence-corrected chi connectivity index (χ1v) is 8.57. The summed E-state index contributed by atoms with van der Waals surface area (Å²) in [5.41, 5.74) is 0.952. The maximum absolute atomic E-state index is 13.6. The number of nitrogens with zero attached hydrogens (tertiary/aromatic N) is 1. The van der Waals surface area contributed by atoms with Gasteiger partial charge in [-0.25, -0.2) is 4.39 Å². The number of nitrogens with one attached hydrogen (secondary N) is 1. The monoisotopic (exact) mass is 372 g/mol. The average Bonchev–Trinajstić information content (AvgIpc) is 3.19. The highest BCUT2D eigenvalue weighted by molar-refractivity contribution is 8.18. The predicted octanol–water partition coefficient (Wildman–Crippen LogP) is 3.66. The van der Waals surface area contributed by atoms with Crippen LogP contribution >= 0.6 is 11.8 Å². The number of para-hydroxylation sites is 1. The molecule has 0 aromatic heterocycles. The van der Waals surface area contributed by atoms with E-state index in [1.54, 1.807) is 36.4 Å². The number of fused-ring (bicyclic) bond motifs is 1. The minimum Gasteiger partial charge on any atom is -0.454 e. The molecule has 0 radical (unpaired) electrons. The highest BCUT2D eigenvalue weighted by atomic mass is 32.2. The van der Waals surface area contributed by atoms with Crippen molar-refractivity contribution in [3.8, 4) is 11.5 Å². The minimum atomic E-state index is -0.449. The fourth-order valence-electron chi connectivity index (χ4n) is 2.56. The Kier molecular flexibility index (Phi) is 4.26. The molecule has 1 N–H and O–H groups in total. The minimum absolute atomic E-state index is 0.107. The number of hydrogen-bond donors (Lipinski definition) is 1. The number of imide groups is 1. The fraction of sp³-hybridized carbons (Fsp3) is 0.111. The van der Waals surface area contributed by atoms with Crippen molar-refractivity contribution in [2.75, 3.05) is 18.8 Å². The molecule has 1 saturated heterocycles. The molecule has 2 aromatic carbocycles. The molecule has 2 aromatic rings. The summed E-state index contributed by atoms with van der Waals surface area (Å²) in [6.45, 7) is 0.0566. The predicted molar refractivity (Wildman–Crippen MR) is 95.3 cm³/mol. The van der Waals surface area contributed by atoms with Gasteiger partial charge in [-0.1, -0.05) is 18.2 Å². The Morgan fingerprint density at radius 2 is 1.96 bits per heavy atom. The van der Waals surface area contributed by atoms with Crippen molar-refractivity contribution in [1.82, 2.24) is 4.90 Å². The molecule has 0 saturated carbocycles. The van der Waals surface area contributed by atoms with Crippen molar-refractivity contribution in [3.05, 3.63) is 58.8 Å². The van der Waals surface area contributed by atoms with Crippen molar-refractivity contribution >= 4 is 34.7 Å². The van der Waals surface area contributed by atoms with E-state index >= 15 is 0 Å². The zero-order valence-corrected chi connectivity index (χ0v) is 14.2. The van der Waals surface area contributed by atoms with Gasteiger partial charge in [-0.3, -0.25) is 14.5 Å². The Balaban J connectivity index is 1.49. The van der Waals surface area contributed by atoms with E-state index in [2.05, 4.69) is 5.32 Å². The topological polar surface area (TPSA) is 67.9 Å². The van der Waals surface area contributed by atoms with Gasteiger partial charge in [0.1, 0.15) is 5.82 Å². The SMILES string of the molecule is O=C1S/C(=C/c2ccc3c(c2)OCO3)C(=O)N1CNc1ccccc1F. The van der Waals surface area contributed by atoms with E-state index < -0.39 is 17.0 Å². The van der Waals surface area contributed by atoms with Crippen LogP contribution in [0.25, 0.3) is 6.08 Å². The summed E-state index contributed by atoms with van der Waals surface area (Å²) >= 11 is 0.842. The highest BCUT2D eigenvalue weighted by Crippen LogP contribution is 2.36. The molecule has 2 heterocycles. The summed E-state index contributed by atoms with van der Waals surface area (Å²) in [5, 5.41) is 2.36. The van der Waals surface area contributed by atoms with E-state index in [1.807, 2.05) is 0 Å². The van der Waals surface area contributed by atoms with Gasteiger partial charge >= 0.3 is 0 Å². The fourth-order valence-corrected chi connectivity index (χ4v) is 3.40. The van der Waals surface area contributed by atoms with Crippen LogP contribution in [0.1, 0.15) is 5.56 Å². The second kappa shape index (κ2) is 6.72. The number of carbonyl (C=O) groups is 2. The number of rotatable bonds is 4. The van der Waals surface area contributed by atoms with Crippen LogP contribution in [0.3, 0.4) is 0 Å². The summed E-state index contributed by atoms with van der Waals surface area (Å²) < 4.78 is 24.2. The van der Waals surface area contributed by atoms with Crippen LogP contribution in [-0.4, -0.2) is 29.5 Å². The average molecular weight is 372 g/mol. The summed E-state index contributed by atoms with van der Waals surface area (Å²) in [6.07, 6.45) is 1.62. The molecule has 2 aliphatic heterocycles. The number of amides is 2. The van der Waals surface area contributed by atoms with Gasteiger partial charge in [-0.15, -0.1) is 0 Å². The zero-order chi connectivity index (χ0) is 18.1. The molecule has 132 valence electrons. The second-order valence-electron chi connectivity index (χ2n) is 5.54. The van der Waals surface area contributed by atoms with Crippen LogP contribution in [0, 0.1) is 5.82 Å². The number of hydrogen-bond acceptors (Lipinski definition) is 6. The van der Waals surface area contributed by atoms with Crippen LogP contribution in [0.15, 0.2) is 47.4 Å². The van der Waals surface area contributed by atoms with Crippen molar-refractivity contribution < 1.29 is 23.5 Å². The molecule has 0 unspecified atom stereocenters. The number of halogens is 1. The number of ether oxygens (including phenoxy) is 2. The normalized spacial score (nSPS) is 17.3. The summed E-state index contributed by atoms with van der Waals surface area (Å²) in [4.78, 5) is 25.9. The van der Waals surface area contributed by atoms with E-state index in [0.29, 0.717) is 16.4 Å². The molecule has 4 rings (SSSR count). The second-order valence-corrected chi connectivity index (χ2v) is 6.53. The summed E-state index contributed by atoms with van der Waals surface area (Å²) in [6, 6.07) is 11.3. The van der Waals surface area contributed by atoms with E-state index in [9.17, 15) is 14.0 Å².